The summed E-state index contributed by atoms with van der Waals surface area (Å²) in [5.74, 6) is 0. The van der Waals surface area contributed by atoms with Gasteiger partial charge in [0.15, 0.2) is 0 Å². The Kier molecular flexibility index (Phi) is 3.97. The van der Waals surface area contributed by atoms with E-state index in [2.05, 4.69) is 37.4 Å². The molecule has 0 amide bonds. The summed E-state index contributed by atoms with van der Waals surface area (Å²) >= 11 is 0. The van der Waals surface area contributed by atoms with Crippen molar-refractivity contribution in [2.45, 2.75) is 32.7 Å². The van der Waals surface area contributed by atoms with Crippen molar-refractivity contribution in [3.05, 3.63) is 34.9 Å². The average Bonchev–Trinajstić information content (AvgIpc) is 2.69. The summed E-state index contributed by atoms with van der Waals surface area (Å²) in [5, 5.41) is 3.54. The topological polar surface area (TPSA) is 21.3 Å². The van der Waals surface area contributed by atoms with Crippen molar-refractivity contribution in [2.24, 2.45) is 0 Å². The van der Waals surface area contributed by atoms with Crippen molar-refractivity contribution < 1.29 is 4.74 Å². The van der Waals surface area contributed by atoms with Gasteiger partial charge in [0, 0.05) is 12.6 Å². The molecule has 1 N–H and O–H groups in total. The van der Waals surface area contributed by atoms with Gasteiger partial charge in [-0.15, -0.1) is 0 Å². The third-order valence-corrected chi connectivity index (χ3v) is 3.06. The molecule has 1 saturated heterocycles. The predicted octanol–water partition coefficient (Wildman–Crippen LogP) is 2.22. The molecule has 88 valence electrons. The summed E-state index contributed by atoms with van der Waals surface area (Å²) in [6.45, 7) is 7.18. The van der Waals surface area contributed by atoms with Crippen LogP contribution < -0.4 is 5.32 Å². The van der Waals surface area contributed by atoms with Crippen LogP contribution >= 0.6 is 0 Å². The van der Waals surface area contributed by atoms with Crippen LogP contribution in [0.15, 0.2) is 18.2 Å². The zero-order chi connectivity index (χ0) is 11.4. The van der Waals surface area contributed by atoms with E-state index in [4.69, 9.17) is 4.74 Å². The summed E-state index contributed by atoms with van der Waals surface area (Å²) in [6.07, 6.45) is 2.27. The second kappa shape index (κ2) is 5.46. The molecule has 1 aliphatic rings. The highest BCUT2D eigenvalue weighted by Crippen LogP contribution is 2.09. The van der Waals surface area contributed by atoms with Gasteiger partial charge < -0.3 is 10.1 Å². The summed E-state index contributed by atoms with van der Waals surface area (Å²) < 4.78 is 5.34. The van der Waals surface area contributed by atoms with Gasteiger partial charge in [-0.3, -0.25) is 0 Å². The SMILES string of the molecule is Cc1cc(C)cc(CCNC2CCOC2)c1. The van der Waals surface area contributed by atoms with Crippen molar-refractivity contribution in [1.82, 2.24) is 5.32 Å². The first kappa shape index (κ1) is 11.6. The van der Waals surface area contributed by atoms with E-state index < -0.39 is 0 Å². The van der Waals surface area contributed by atoms with Gasteiger partial charge >= 0.3 is 0 Å². The highest BCUT2D eigenvalue weighted by molar-refractivity contribution is 5.28. The van der Waals surface area contributed by atoms with Crippen molar-refractivity contribution in [3.63, 3.8) is 0 Å². The lowest BCUT2D eigenvalue weighted by atomic mass is 10.0. The van der Waals surface area contributed by atoms with Crippen LogP contribution in [0, 0.1) is 13.8 Å². The molecule has 1 aromatic carbocycles. The fourth-order valence-electron chi connectivity index (χ4n) is 2.33. The molecule has 1 aliphatic heterocycles. The zero-order valence-corrected chi connectivity index (χ0v) is 10.3. The quantitative estimate of drug-likeness (QED) is 0.838. The van der Waals surface area contributed by atoms with Crippen LogP contribution in [-0.2, 0) is 11.2 Å². The second-order valence-corrected chi connectivity index (χ2v) is 4.76. The van der Waals surface area contributed by atoms with E-state index in [1.54, 1.807) is 0 Å². The Morgan fingerprint density at radius 3 is 2.62 bits per heavy atom. The van der Waals surface area contributed by atoms with Crippen molar-refractivity contribution >= 4 is 0 Å². The molecule has 0 bridgehead atoms. The van der Waals surface area contributed by atoms with Gasteiger partial charge in [-0.05, 0) is 38.8 Å². The zero-order valence-electron chi connectivity index (χ0n) is 10.3. The van der Waals surface area contributed by atoms with E-state index in [1.165, 1.54) is 16.7 Å². The van der Waals surface area contributed by atoms with Gasteiger partial charge in [-0.2, -0.15) is 0 Å². The minimum absolute atomic E-state index is 0.575. The minimum Gasteiger partial charge on any atom is -0.380 e. The van der Waals surface area contributed by atoms with Crippen molar-refractivity contribution in [3.8, 4) is 0 Å². The molecule has 1 unspecified atom stereocenters. The lowest BCUT2D eigenvalue weighted by molar-refractivity contribution is 0.190. The molecule has 1 atom stereocenters. The van der Waals surface area contributed by atoms with E-state index in [0.29, 0.717) is 6.04 Å². The standard InChI is InChI=1S/C14H21NO/c1-11-7-12(2)9-13(8-11)3-5-15-14-4-6-16-10-14/h7-9,14-15H,3-6,10H2,1-2H3. The molecule has 2 heteroatoms. The van der Waals surface area contributed by atoms with Gasteiger partial charge in [-0.1, -0.05) is 29.3 Å². The highest BCUT2D eigenvalue weighted by atomic mass is 16.5. The van der Waals surface area contributed by atoms with Gasteiger partial charge in [0.1, 0.15) is 0 Å². The summed E-state index contributed by atoms with van der Waals surface area (Å²) in [4.78, 5) is 0. The van der Waals surface area contributed by atoms with E-state index in [0.717, 1.165) is 32.6 Å². The average molecular weight is 219 g/mol. The molecule has 1 heterocycles. The number of hydrogen-bond donors (Lipinski definition) is 1. The summed E-state index contributed by atoms with van der Waals surface area (Å²) in [6, 6.07) is 7.35. The Balaban J connectivity index is 1.80. The summed E-state index contributed by atoms with van der Waals surface area (Å²) in [5.41, 5.74) is 4.15. The molecular formula is C14H21NO. The van der Waals surface area contributed by atoms with Crippen LogP contribution in [0.4, 0.5) is 0 Å². The van der Waals surface area contributed by atoms with E-state index in [-0.39, 0.29) is 0 Å². The third-order valence-electron chi connectivity index (χ3n) is 3.06. The minimum atomic E-state index is 0.575. The molecule has 0 aliphatic carbocycles. The first-order valence-electron chi connectivity index (χ1n) is 6.12. The maximum atomic E-state index is 5.34. The molecule has 0 radical (unpaired) electrons. The van der Waals surface area contributed by atoms with Crippen LogP contribution in [0.2, 0.25) is 0 Å². The van der Waals surface area contributed by atoms with Crippen molar-refractivity contribution in [2.75, 3.05) is 19.8 Å². The molecule has 16 heavy (non-hydrogen) atoms. The molecule has 2 rings (SSSR count). The van der Waals surface area contributed by atoms with Crippen LogP contribution in [0.3, 0.4) is 0 Å². The predicted molar refractivity (Wildman–Crippen MR) is 66.8 cm³/mol. The molecule has 2 nitrogen and oxygen atoms in total. The van der Waals surface area contributed by atoms with Crippen LogP contribution in [0.25, 0.3) is 0 Å². The van der Waals surface area contributed by atoms with Crippen LogP contribution in [-0.4, -0.2) is 25.8 Å². The Morgan fingerprint density at radius 1 is 1.25 bits per heavy atom. The molecule has 0 aromatic heterocycles. The Bertz CT molecular complexity index is 322. The van der Waals surface area contributed by atoms with Crippen molar-refractivity contribution in [1.29, 1.82) is 0 Å². The van der Waals surface area contributed by atoms with Gasteiger partial charge in [-0.25, -0.2) is 0 Å². The highest BCUT2D eigenvalue weighted by Gasteiger charge is 2.13. The normalized spacial score (nSPS) is 20.2. The van der Waals surface area contributed by atoms with Gasteiger partial charge in [0.2, 0.25) is 0 Å². The Morgan fingerprint density at radius 2 is 2.00 bits per heavy atom. The second-order valence-electron chi connectivity index (χ2n) is 4.76. The van der Waals surface area contributed by atoms with Gasteiger partial charge in [0.25, 0.3) is 0 Å². The number of benzene rings is 1. The molecule has 0 spiro atoms. The fourth-order valence-corrected chi connectivity index (χ4v) is 2.33. The first-order chi connectivity index (χ1) is 7.74. The Labute approximate surface area is 98.0 Å². The monoisotopic (exact) mass is 219 g/mol. The van der Waals surface area contributed by atoms with Crippen LogP contribution in [0.1, 0.15) is 23.1 Å². The lowest BCUT2D eigenvalue weighted by Gasteiger charge is -2.11. The van der Waals surface area contributed by atoms with E-state index in [9.17, 15) is 0 Å². The first-order valence-corrected chi connectivity index (χ1v) is 6.12. The maximum absolute atomic E-state index is 5.34. The van der Waals surface area contributed by atoms with E-state index in [1.807, 2.05) is 0 Å². The number of aryl methyl sites for hydroxylation is 2. The smallest absolute Gasteiger partial charge is 0.0620 e. The fraction of sp³-hybridized carbons (Fsp3) is 0.571. The molecular weight excluding hydrogens is 198 g/mol. The lowest BCUT2D eigenvalue weighted by Crippen LogP contribution is -2.30. The largest absolute Gasteiger partial charge is 0.380 e. The number of ether oxygens (including phenoxy) is 1. The number of hydrogen-bond acceptors (Lipinski definition) is 2. The molecule has 1 aromatic rings. The number of rotatable bonds is 4. The molecule has 0 saturated carbocycles. The maximum Gasteiger partial charge on any atom is 0.0620 e. The third kappa shape index (κ3) is 3.32. The van der Waals surface area contributed by atoms with Gasteiger partial charge in [0.05, 0.1) is 6.61 Å². The van der Waals surface area contributed by atoms with Crippen LogP contribution in [0.5, 0.6) is 0 Å². The Hall–Kier alpha value is -0.860. The number of nitrogens with one attached hydrogen (secondary N) is 1. The summed E-state index contributed by atoms with van der Waals surface area (Å²) in [7, 11) is 0. The molecule has 1 fully saturated rings. The van der Waals surface area contributed by atoms with E-state index >= 15 is 0 Å².